The molecule has 0 heterocycles. The van der Waals surface area contributed by atoms with Gasteiger partial charge in [-0.05, 0) is 19.1 Å². The number of phenolic OH excluding ortho intramolecular Hbond substituents is 2. The highest BCUT2D eigenvalue weighted by Crippen LogP contribution is 2.23. The van der Waals surface area contributed by atoms with Crippen molar-refractivity contribution in [1.82, 2.24) is 0 Å². The third kappa shape index (κ3) is 2.46. The topological polar surface area (TPSA) is 83.8 Å². The van der Waals surface area contributed by atoms with E-state index in [2.05, 4.69) is 4.74 Å². The lowest BCUT2D eigenvalue weighted by atomic mass is 10.1. The first-order chi connectivity index (χ1) is 7.06. The molecular formula is C10H10O5. The molecule has 0 radical (unpaired) electrons. The first-order valence-corrected chi connectivity index (χ1v) is 4.29. The van der Waals surface area contributed by atoms with Crippen LogP contribution in [0.1, 0.15) is 17.3 Å². The molecule has 2 N–H and O–H groups in total. The number of aromatic hydroxyl groups is 2. The summed E-state index contributed by atoms with van der Waals surface area (Å²) in [5, 5.41) is 18.3. The lowest BCUT2D eigenvalue weighted by Gasteiger charge is -2.03. The van der Waals surface area contributed by atoms with E-state index in [4.69, 9.17) is 5.11 Å². The fourth-order valence-electron chi connectivity index (χ4n) is 1.02. The number of Topliss-reactive ketones (excluding diaryl/α,β-unsaturated/α-hetero) is 1. The van der Waals surface area contributed by atoms with Crippen LogP contribution in [0.3, 0.4) is 0 Å². The largest absolute Gasteiger partial charge is 0.508 e. The maximum absolute atomic E-state index is 11.4. The predicted octanol–water partition coefficient (Wildman–Crippen LogP) is 0.844. The minimum absolute atomic E-state index is 0.0867. The lowest BCUT2D eigenvalue weighted by molar-refractivity contribution is -0.137. The van der Waals surface area contributed by atoms with E-state index in [0.717, 1.165) is 12.1 Å². The molecule has 0 saturated carbocycles. The van der Waals surface area contributed by atoms with Gasteiger partial charge >= 0.3 is 5.97 Å². The van der Waals surface area contributed by atoms with Crippen molar-refractivity contribution in [3.8, 4) is 11.5 Å². The molecule has 1 rings (SSSR count). The van der Waals surface area contributed by atoms with Crippen LogP contribution in [0.2, 0.25) is 0 Å². The Balaban J connectivity index is 2.96. The number of hydrogen-bond acceptors (Lipinski definition) is 5. The minimum atomic E-state index is -1.03. The Hall–Kier alpha value is -2.04. The van der Waals surface area contributed by atoms with Crippen molar-refractivity contribution < 1.29 is 24.5 Å². The van der Waals surface area contributed by atoms with Crippen LogP contribution in [0.4, 0.5) is 0 Å². The zero-order valence-corrected chi connectivity index (χ0v) is 8.06. The molecule has 0 amide bonds. The highest BCUT2D eigenvalue weighted by molar-refractivity contribution is 6.41. The molecular weight excluding hydrogens is 200 g/mol. The SMILES string of the molecule is CCOC(=O)C(=O)c1ccc(O)cc1O. The van der Waals surface area contributed by atoms with E-state index < -0.39 is 17.5 Å². The van der Waals surface area contributed by atoms with Crippen molar-refractivity contribution in [3.63, 3.8) is 0 Å². The molecule has 0 atom stereocenters. The summed E-state index contributed by atoms with van der Waals surface area (Å²) in [6, 6.07) is 3.34. The summed E-state index contributed by atoms with van der Waals surface area (Å²) in [7, 11) is 0. The van der Waals surface area contributed by atoms with Crippen molar-refractivity contribution in [2.45, 2.75) is 6.92 Å². The third-order valence-electron chi connectivity index (χ3n) is 1.69. The molecule has 0 aliphatic rings. The van der Waals surface area contributed by atoms with Gasteiger partial charge in [-0.1, -0.05) is 0 Å². The van der Waals surface area contributed by atoms with E-state index in [-0.39, 0.29) is 17.9 Å². The number of rotatable bonds is 3. The number of phenols is 2. The minimum Gasteiger partial charge on any atom is -0.508 e. The van der Waals surface area contributed by atoms with Gasteiger partial charge in [-0.3, -0.25) is 4.79 Å². The van der Waals surface area contributed by atoms with Crippen LogP contribution in [0.25, 0.3) is 0 Å². The zero-order chi connectivity index (χ0) is 11.4. The van der Waals surface area contributed by atoms with Crippen LogP contribution >= 0.6 is 0 Å². The Morgan fingerprint density at radius 2 is 2.00 bits per heavy atom. The van der Waals surface area contributed by atoms with Crippen LogP contribution in [0, 0.1) is 0 Å². The molecule has 15 heavy (non-hydrogen) atoms. The van der Waals surface area contributed by atoms with Crippen LogP contribution in [-0.2, 0) is 9.53 Å². The van der Waals surface area contributed by atoms with Gasteiger partial charge in [0.2, 0.25) is 0 Å². The van der Waals surface area contributed by atoms with Crippen molar-refractivity contribution in [1.29, 1.82) is 0 Å². The predicted molar refractivity (Wildman–Crippen MR) is 50.7 cm³/mol. The van der Waals surface area contributed by atoms with Crippen molar-refractivity contribution in [2.24, 2.45) is 0 Å². The smallest absolute Gasteiger partial charge is 0.379 e. The summed E-state index contributed by atoms with van der Waals surface area (Å²) in [4.78, 5) is 22.4. The molecule has 0 fully saturated rings. The molecule has 5 nitrogen and oxygen atoms in total. The summed E-state index contributed by atoms with van der Waals surface area (Å²) in [5.41, 5.74) is -0.189. The van der Waals surface area contributed by atoms with Gasteiger partial charge in [0.1, 0.15) is 11.5 Å². The number of ketones is 1. The summed E-state index contributed by atoms with van der Waals surface area (Å²) >= 11 is 0. The van der Waals surface area contributed by atoms with E-state index in [1.807, 2.05) is 0 Å². The van der Waals surface area contributed by atoms with Crippen LogP contribution in [0.15, 0.2) is 18.2 Å². The Kier molecular flexibility index (Phi) is 3.28. The van der Waals surface area contributed by atoms with Crippen LogP contribution in [-0.4, -0.2) is 28.6 Å². The van der Waals surface area contributed by atoms with Crippen molar-refractivity contribution in [3.05, 3.63) is 23.8 Å². The quantitative estimate of drug-likeness (QED) is 0.439. The molecule has 80 valence electrons. The molecule has 0 saturated heterocycles. The molecule has 0 aliphatic carbocycles. The van der Waals surface area contributed by atoms with Crippen molar-refractivity contribution in [2.75, 3.05) is 6.61 Å². The Labute approximate surface area is 85.9 Å². The normalized spacial score (nSPS) is 9.67. The number of esters is 1. The van der Waals surface area contributed by atoms with Gasteiger partial charge in [0, 0.05) is 6.07 Å². The van der Waals surface area contributed by atoms with Gasteiger partial charge in [0.05, 0.1) is 12.2 Å². The molecule has 0 unspecified atom stereocenters. The van der Waals surface area contributed by atoms with Gasteiger partial charge in [-0.2, -0.15) is 0 Å². The third-order valence-corrected chi connectivity index (χ3v) is 1.69. The van der Waals surface area contributed by atoms with E-state index in [9.17, 15) is 14.7 Å². The standard InChI is InChI=1S/C10H10O5/c1-2-15-10(14)9(13)7-4-3-6(11)5-8(7)12/h3-5,11-12H,2H2,1H3. The Bertz CT molecular complexity index is 397. The highest BCUT2D eigenvalue weighted by atomic mass is 16.5. The van der Waals surface area contributed by atoms with Crippen LogP contribution < -0.4 is 0 Å². The second-order valence-corrected chi connectivity index (χ2v) is 2.75. The molecule has 1 aromatic carbocycles. The van der Waals surface area contributed by atoms with E-state index in [1.54, 1.807) is 6.92 Å². The van der Waals surface area contributed by atoms with Gasteiger partial charge < -0.3 is 14.9 Å². The first-order valence-electron chi connectivity index (χ1n) is 4.29. The fourth-order valence-corrected chi connectivity index (χ4v) is 1.02. The second kappa shape index (κ2) is 4.45. The summed E-state index contributed by atoms with van der Waals surface area (Å²) < 4.78 is 4.48. The van der Waals surface area contributed by atoms with Gasteiger partial charge in [0.15, 0.2) is 0 Å². The number of carbonyl (C=O) groups excluding carboxylic acids is 2. The van der Waals surface area contributed by atoms with Gasteiger partial charge in [-0.15, -0.1) is 0 Å². The lowest BCUT2D eigenvalue weighted by Crippen LogP contribution is -2.17. The summed E-state index contributed by atoms with van der Waals surface area (Å²) in [6.07, 6.45) is 0. The average molecular weight is 210 g/mol. The number of ether oxygens (including phenoxy) is 1. The average Bonchev–Trinajstić information content (AvgIpc) is 2.17. The maximum Gasteiger partial charge on any atom is 0.379 e. The highest BCUT2D eigenvalue weighted by Gasteiger charge is 2.20. The van der Waals surface area contributed by atoms with Crippen LogP contribution in [0.5, 0.6) is 11.5 Å². The fraction of sp³-hybridized carbons (Fsp3) is 0.200. The molecule has 0 aromatic heterocycles. The maximum atomic E-state index is 11.4. The number of hydrogen-bond donors (Lipinski definition) is 2. The van der Waals surface area contributed by atoms with Crippen molar-refractivity contribution >= 4 is 11.8 Å². The van der Waals surface area contributed by atoms with E-state index >= 15 is 0 Å². The Morgan fingerprint density at radius 3 is 2.53 bits per heavy atom. The molecule has 0 aliphatic heterocycles. The molecule has 0 bridgehead atoms. The first kappa shape index (κ1) is 11.0. The summed E-state index contributed by atoms with van der Waals surface area (Å²) in [5.74, 6) is -2.60. The monoisotopic (exact) mass is 210 g/mol. The van der Waals surface area contributed by atoms with Gasteiger partial charge in [-0.25, -0.2) is 4.79 Å². The zero-order valence-electron chi connectivity index (χ0n) is 8.06. The van der Waals surface area contributed by atoms with Gasteiger partial charge in [0.25, 0.3) is 5.78 Å². The summed E-state index contributed by atoms with van der Waals surface area (Å²) in [6.45, 7) is 1.66. The molecule has 0 spiro atoms. The molecule has 1 aromatic rings. The van der Waals surface area contributed by atoms with E-state index in [0.29, 0.717) is 0 Å². The second-order valence-electron chi connectivity index (χ2n) is 2.75. The van der Waals surface area contributed by atoms with E-state index in [1.165, 1.54) is 6.07 Å². The number of carbonyl (C=O) groups is 2. The number of benzene rings is 1. The Morgan fingerprint density at radius 1 is 1.33 bits per heavy atom. The molecule has 5 heteroatoms.